The minimum absolute atomic E-state index is 0.0389. The number of aromatic hydroxyl groups is 1. The molecule has 5 nitrogen and oxygen atoms in total. The molecule has 0 saturated heterocycles. The van der Waals surface area contributed by atoms with Gasteiger partial charge in [-0.2, -0.15) is 0 Å². The van der Waals surface area contributed by atoms with Gasteiger partial charge in [0.1, 0.15) is 5.75 Å². The summed E-state index contributed by atoms with van der Waals surface area (Å²) in [7, 11) is 0. The Kier molecular flexibility index (Phi) is 2.82. The second-order valence-electron chi connectivity index (χ2n) is 3.18. The van der Waals surface area contributed by atoms with E-state index in [1.807, 2.05) is 12.3 Å². The Balaban J connectivity index is 2.14. The fraction of sp³-hybridized carbons (Fsp3) is 0.100. The van der Waals surface area contributed by atoms with Crippen molar-refractivity contribution in [1.82, 2.24) is 9.97 Å². The van der Waals surface area contributed by atoms with E-state index in [9.17, 15) is 9.90 Å². The van der Waals surface area contributed by atoms with Gasteiger partial charge >= 0.3 is 0 Å². The van der Waals surface area contributed by atoms with Gasteiger partial charge in [0.2, 0.25) is 0 Å². The normalized spacial score (nSPS) is 10.1. The number of anilines is 1. The molecule has 0 aliphatic heterocycles. The molecule has 1 amide bonds. The number of aryl methyl sites for hydroxylation is 1. The number of nitrogens with one attached hydrogen (secondary N) is 1. The van der Waals surface area contributed by atoms with Gasteiger partial charge in [0.25, 0.3) is 5.91 Å². The lowest BCUT2D eigenvalue weighted by molar-refractivity contribution is 0.102. The Bertz CT molecular complexity index is 524. The lowest BCUT2D eigenvalue weighted by Crippen LogP contribution is -2.11. The highest BCUT2D eigenvalue weighted by molar-refractivity contribution is 7.13. The highest BCUT2D eigenvalue weighted by Crippen LogP contribution is 2.16. The van der Waals surface area contributed by atoms with Crippen LogP contribution in [-0.4, -0.2) is 21.0 Å². The number of pyridine rings is 1. The molecule has 2 rings (SSSR count). The summed E-state index contributed by atoms with van der Waals surface area (Å²) >= 11 is 1.35. The van der Waals surface area contributed by atoms with Crippen LogP contribution in [-0.2, 0) is 0 Å². The molecule has 2 N–H and O–H groups in total. The molecule has 2 heterocycles. The first-order chi connectivity index (χ1) is 7.65. The van der Waals surface area contributed by atoms with E-state index in [2.05, 4.69) is 15.3 Å². The van der Waals surface area contributed by atoms with E-state index >= 15 is 0 Å². The SMILES string of the molecule is Cc1csc(NC(=O)c2cncc(O)c2)n1. The van der Waals surface area contributed by atoms with Crippen molar-refractivity contribution in [2.45, 2.75) is 6.92 Å². The van der Waals surface area contributed by atoms with Gasteiger partial charge in [0.05, 0.1) is 17.5 Å². The number of aromatic nitrogens is 2. The number of thiazole rings is 1. The van der Waals surface area contributed by atoms with E-state index in [4.69, 9.17) is 0 Å². The Hall–Kier alpha value is -1.95. The molecular weight excluding hydrogens is 226 g/mol. The maximum Gasteiger partial charge on any atom is 0.259 e. The molecule has 0 aliphatic carbocycles. The molecule has 82 valence electrons. The van der Waals surface area contributed by atoms with Crippen molar-refractivity contribution in [3.05, 3.63) is 35.1 Å². The summed E-state index contributed by atoms with van der Waals surface area (Å²) in [6.45, 7) is 1.85. The number of hydrogen-bond acceptors (Lipinski definition) is 5. The summed E-state index contributed by atoms with van der Waals surface area (Å²) < 4.78 is 0. The summed E-state index contributed by atoms with van der Waals surface area (Å²) in [5.41, 5.74) is 1.15. The molecule has 16 heavy (non-hydrogen) atoms. The van der Waals surface area contributed by atoms with Crippen molar-refractivity contribution < 1.29 is 9.90 Å². The number of rotatable bonds is 2. The van der Waals surface area contributed by atoms with Gasteiger partial charge in [-0.1, -0.05) is 0 Å². The maximum atomic E-state index is 11.7. The van der Waals surface area contributed by atoms with Gasteiger partial charge in [-0.05, 0) is 13.0 Å². The van der Waals surface area contributed by atoms with Crippen LogP contribution >= 0.6 is 11.3 Å². The second-order valence-corrected chi connectivity index (χ2v) is 4.04. The minimum Gasteiger partial charge on any atom is -0.506 e. The Labute approximate surface area is 95.8 Å². The van der Waals surface area contributed by atoms with E-state index in [0.717, 1.165) is 5.69 Å². The fourth-order valence-electron chi connectivity index (χ4n) is 1.13. The smallest absolute Gasteiger partial charge is 0.259 e. The molecule has 0 saturated carbocycles. The highest BCUT2D eigenvalue weighted by atomic mass is 32.1. The predicted octanol–water partition coefficient (Wildman–Crippen LogP) is 1.80. The quantitative estimate of drug-likeness (QED) is 0.832. The summed E-state index contributed by atoms with van der Waals surface area (Å²) in [6, 6.07) is 1.35. The van der Waals surface area contributed by atoms with Crippen molar-refractivity contribution in [1.29, 1.82) is 0 Å². The van der Waals surface area contributed by atoms with Gasteiger partial charge < -0.3 is 5.11 Å². The first-order valence-corrected chi connectivity index (χ1v) is 5.40. The standard InChI is InChI=1S/C10H9N3O2S/c1-6-5-16-10(12-6)13-9(15)7-2-8(14)4-11-3-7/h2-5,14H,1H3,(H,12,13,15). The maximum absolute atomic E-state index is 11.7. The molecular formula is C10H9N3O2S. The second kappa shape index (κ2) is 4.28. The van der Waals surface area contributed by atoms with Gasteiger partial charge in [-0.25, -0.2) is 4.98 Å². The van der Waals surface area contributed by atoms with Crippen LogP contribution in [0.1, 0.15) is 16.1 Å². The van der Waals surface area contributed by atoms with Crippen molar-refractivity contribution in [2.24, 2.45) is 0 Å². The van der Waals surface area contributed by atoms with Crippen molar-refractivity contribution >= 4 is 22.4 Å². The Morgan fingerprint density at radius 3 is 2.94 bits per heavy atom. The first-order valence-electron chi connectivity index (χ1n) is 4.52. The number of carbonyl (C=O) groups is 1. The van der Waals surface area contributed by atoms with Crippen molar-refractivity contribution in [3.63, 3.8) is 0 Å². The van der Waals surface area contributed by atoms with Gasteiger partial charge in [-0.3, -0.25) is 15.1 Å². The van der Waals surface area contributed by atoms with Crippen molar-refractivity contribution in [2.75, 3.05) is 5.32 Å². The van der Waals surface area contributed by atoms with Gasteiger partial charge in [0, 0.05) is 11.6 Å². The number of hydrogen-bond donors (Lipinski definition) is 2. The third kappa shape index (κ3) is 2.34. The topological polar surface area (TPSA) is 75.1 Å². The average Bonchev–Trinajstić information content (AvgIpc) is 2.64. The zero-order chi connectivity index (χ0) is 11.5. The number of carbonyl (C=O) groups excluding carboxylic acids is 1. The monoisotopic (exact) mass is 235 g/mol. The summed E-state index contributed by atoms with van der Waals surface area (Å²) in [4.78, 5) is 19.5. The van der Waals surface area contributed by atoms with Crippen LogP contribution in [0.15, 0.2) is 23.8 Å². The van der Waals surface area contributed by atoms with Crippen LogP contribution in [0.4, 0.5) is 5.13 Å². The van der Waals surface area contributed by atoms with E-state index in [0.29, 0.717) is 10.7 Å². The lowest BCUT2D eigenvalue weighted by atomic mass is 10.2. The fourth-order valence-corrected chi connectivity index (χ4v) is 1.82. The molecule has 2 aromatic rings. The molecule has 0 atom stereocenters. The van der Waals surface area contributed by atoms with E-state index < -0.39 is 0 Å². The molecule has 0 aromatic carbocycles. The van der Waals surface area contributed by atoms with E-state index in [-0.39, 0.29) is 11.7 Å². The van der Waals surface area contributed by atoms with E-state index in [1.165, 1.54) is 29.8 Å². The molecule has 0 radical (unpaired) electrons. The molecule has 2 aromatic heterocycles. The largest absolute Gasteiger partial charge is 0.506 e. The summed E-state index contributed by atoms with van der Waals surface area (Å²) in [5.74, 6) is -0.374. The number of amides is 1. The molecule has 0 unspecified atom stereocenters. The molecule has 0 fully saturated rings. The average molecular weight is 235 g/mol. The Morgan fingerprint density at radius 1 is 1.50 bits per heavy atom. The van der Waals surface area contributed by atoms with Crippen LogP contribution in [0.3, 0.4) is 0 Å². The first kappa shape index (κ1) is 10.6. The molecule has 0 spiro atoms. The summed E-state index contributed by atoms with van der Waals surface area (Å²) in [6.07, 6.45) is 2.65. The summed E-state index contributed by atoms with van der Waals surface area (Å²) in [5, 5.41) is 14.2. The minimum atomic E-state index is -0.335. The highest BCUT2D eigenvalue weighted by Gasteiger charge is 2.09. The molecule has 6 heteroatoms. The molecule has 0 aliphatic rings. The zero-order valence-corrected chi connectivity index (χ0v) is 9.28. The van der Waals surface area contributed by atoms with E-state index in [1.54, 1.807) is 0 Å². The lowest BCUT2D eigenvalue weighted by Gasteiger charge is -2.01. The van der Waals surface area contributed by atoms with Crippen LogP contribution < -0.4 is 5.32 Å². The van der Waals surface area contributed by atoms with Gasteiger partial charge in [-0.15, -0.1) is 11.3 Å². The predicted molar refractivity (Wildman–Crippen MR) is 60.7 cm³/mol. The third-order valence-electron chi connectivity index (χ3n) is 1.83. The number of nitrogens with zero attached hydrogens (tertiary/aromatic N) is 2. The molecule has 0 bridgehead atoms. The zero-order valence-electron chi connectivity index (χ0n) is 8.47. The van der Waals surface area contributed by atoms with Crippen LogP contribution in [0.2, 0.25) is 0 Å². The Morgan fingerprint density at radius 2 is 2.31 bits per heavy atom. The van der Waals surface area contributed by atoms with Crippen LogP contribution in [0, 0.1) is 6.92 Å². The van der Waals surface area contributed by atoms with Crippen molar-refractivity contribution in [3.8, 4) is 5.75 Å². The van der Waals surface area contributed by atoms with Crippen LogP contribution in [0.5, 0.6) is 5.75 Å². The van der Waals surface area contributed by atoms with Crippen LogP contribution in [0.25, 0.3) is 0 Å². The van der Waals surface area contributed by atoms with Gasteiger partial charge in [0.15, 0.2) is 5.13 Å². The third-order valence-corrected chi connectivity index (χ3v) is 2.70.